The first kappa shape index (κ1) is 29.0. The van der Waals surface area contributed by atoms with Crippen LogP contribution in [0.15, 0.2) is 70.1 Å². The molecule has 1 amide bonds. The lowest BCUT2D eigenvalue weighted by atomic mass is 9.92. The molecule has 2 N–H and O–H groups in total. The molecule has 240 valence electrons. The molecule has 0 spiro atoms. The fourth-order valence-corrected chi connectivity index (χ4v) is 8.80. The van der Waals surface area contributed by atoms with Crippen molar-refractivity contribution in [1.29, 1.82) is 0 Å². The number of pyridine rings is 2. The Morgan fingerprint density at radius 2 is 1.81 bits per heavy atom. The highest BCUT2D eigenvalue weighted by Gasteiger charge is 2.44. The molecule has 0 bridgehead atoms. The second-order valence-corrected chi connectivity index (χ2v) is 13.8. The lowest BCUT2D eigenvalue weighted by Gasteiger charge is -2.16. The summed E-state index contributed by atoms with van der Waals surface area (Å²) in [6.45, 7) is 1.32. The molecule has 6 aromatic rings. The highest BCUT2D eigenvalue weighted by molar-refractivity contribution is 7.23. The maximum absolute atomic E-state index is 14.1. The van der Waals surface area contributed by atoms with Gasteiger partial charge in [-0.3, -0.25) is 19.3 Å². The number of aryl methyl sites for hydroxylation is 4. The van der Waals surface area contributed by atoms with E-state index in [0.717, 1.165) is 57.7 Å². The van der Waals surface area contributed by atoms with E-state index in [4.69, 9.17) is 14.5 Å². The average molecular weight is 659 g/mol. The predicted octanol–water partition coefficient (Wildman–Crippen LogP) is 7.02. The molecule has 0 saturated carbocycles. The minimum atomic E-state index is -0.688. The Morgan fingerprint density at radius 1 is 0.958 bits per heavy atom. The van der Waals surface area contributed by atoms with Crippen LogP contribution in [0.3, 0.4) is 0 Å². The van der Waals surface area contributed by atoms with Gasteiger partial charge in [0.15, 0.2) is 5.82 Å². The highest BCUT2D eigenvalue weighted by atomic mass is 32.1. The van der Waals surface area contributed by atoms with Crippen molar-refractivity contribution in [1.82, 2.24) is 25.0 Å². The first-order valence-electron chi connectivity index (χ1n) is 16.4. The van der Waals surface area contributed by atoms with Crippen molar-refractivity contribution in [2.24, 2.45) is 0 Å². The van der Waals surface area contributed by atoms with Gasteiger partial charge in [0.25, 0.3) is 5.91 Å². The largest absolute Gasteiger partial charge is 0.439 e. The van der Waals surface area contributed by atoms with Crippen molar-refractivity contribution < 1.29 is 13.7 Å². The fraction of sp³-hybridized carbons (Fsp3) is 0.270. The van der Waals surface area contributed by atoms with Gasteiger partial charge < -0.3 is 10.2 Å². The number of nitrogens with zero attached hydrogens (tertiary/aromatic N) is 4. The number of carbonyl (C=O) groups excluding carboxylic acids is 1. The molecule has 11 heteroatoms. The van der Waals surface area contributed by atoms with E-state index in [1.807, 2.05) is 11.0 Å². The summed E-state index contributed by atoms with van der Waals surface area (Å²) in [6, 6.07) is 17.1. The van der Waals surface area contributed by atoms with Crippen molar-refractivity contribution >= 4 is 33.1 Å². The lowest BCUT2D eigenvalue weighted by Crippen LogP contribution is -2.22. The van der Waals surface area contributed by atoms with Crippen LogP contribution in [0.5, 0.6) is 0 Å². The van der Waals surface area contributed by atoms with E-state index >= 15 is 0 Å². The highest BCUT2D eigenvalue weighted by Crippen LogP contribution is 2.50. The monoisotopic (exact) mass is 658 g/mol. The molecular weight excluding hydrogens is 628 g/mol. The van der Waals surface area contributed by atoms with E-state index in [-0.39, 0.29) is 23.6 Å². The number of nitrogens with one attached hydrogen (secondary N) is 2. The fourth-order valence-electron chi connectivity index (χ4n) is 7.62. The number of hydrogen-bond acceptors (Lipinski definition) is 8. The zero-order valence-electron chi connectivity index (χ0n) is 26.0. The minimum absolute atomic E-state index is 0.0577. The summed E-state index contributed by atoms with van der Waals surface area (Å²) >= 11 is 1.55. The summed E-state index contributed by atoms with van der Waals surface area (Å²) in [5, 5.41) is 8.66. The van der Waals surface area contributed by atoms with Crippen molar-refractivity contribution in [3.63, 3.8) is 0 Å². The van der Waals surface area contributed by atoms with Crippen molar-refractivity contribution in [2.75, 3.05) is 11.9 Å². The Balaban J connectivity index is 1.18. The number of rotatable bonds is 8. The molecule has 4 aromatic heterocycles. The molecule has 0 radical (unpaired) electrons. The summed E-state index contributed by atoms with van der Waals surface area (Å²) in [5.74, 6) is -0.0402. The number of aromatic amines is 1. The van der Waals surface area contributed by atoms with Gasteiger partial charge in [-0.15, -0.1) is 11.3 Å². The third-order valence-electron chi connectivity index (χ3n) is 9.89. The molecule has 1 saturated heterocycles. The molecule has 1 fully saturated rings. The number of amides is 1. The number of H-pyrrole nitrogens is 1. The second kappa shape index (κ2) is 11.5. The molecule has 48 heavy (non-hydrogen) atoms. The molecule has 9 rings (SSSR count). The minimum Gasteiger partial charge on any atom is -0.365 e. The smallest absolute Gasteiger partial charge is 0.365 e. The molecule has 1 aliphatic carbocycles. The topological polar surface area (TPSA) is 117 Å². The number of halogens is 1. The van der Waals surface area contributed by atoms with Crippen LogP contribution in [0.25, 0.3) is 31.9 Å². The zero-order valence-corrected chi connectivity index (χ0v) is 26.8. The van der Waals surface area contributed by atoms with Crippen molar-refractivity contribution in [3.8, 4) is 21.8 Å². The molecule has 0 unspecified atom stereocenters. The van der Waals surface area contributed by atoms with Gasteiger partial charge in [-0.2, -0.15) is 0 Å². The third-order valence-corrected chi connectivity index (χ3v) is 11.1. The average Bonchev–Trinajstić information content (AvgIpc) is 3.94. The third kappa shape index (κ3) is 4.92. The number of anilines is 1. The Morgan fingerprint density at radius 3 is 2.67 bits per heavy atom. The van der Waals surface area contributed by atoms with Crippen LogP contribution in [0, 0.1) is 5.82 Å². The summed E-state index contributed by atoms with van der Waals surface area (Å²) < 4.78 is 19.6. The first-order valence-corrected chi connectivity index (χ1v) is 17.2. The number of fused-ring (bicyclic) bond motifs is 5. The Labute approximate surface area is 278 Å². The maximum Gasteiger partial charge on any atom is 0.439 e. The molecule has 2 aromatic carbocycles. The van der Waals surface area contributed by atoms with Crippen LogP contribution in [0.1, 0.15) is 69.3 Å². The Kier molecular flexibility index (Phi) is 6.96. The number of benzene rings is 2. The van der Waals surface area contributed by atoms with Gasteiger partial charge in [-0.1, -0.05) is 35.5 Å². The van der Waals surface area contributed by atoms with Gasteiger partial charge in [0.2, 0.25) is 0 Å². The van der Waals surface area contributed by atoms with E-state index in [1.54, 1.807) is 29.7 Å². The summed E-state index contributed by atoms with van der Waals surface area (Å²) in [7, 11) is 0. The summed E-state index contributed by atoms with van der Waals surface area (Å²) in [6.07, 6.45) is 8.12. The van der Waals surface area contributed by atoms with Crippen LogP contribution in [-0.2, 0) is 32.2 Å². The number of aromatic nitrogens is 4. The normalized spacial score (nSPS) is 16.5. The van der Waals surface area contributed by atoms with Gasteiger partial charge in [0.1, 0.15) is 11.6 Å². The van der Waals surface area contributed by atoms with E-state index in [0.29, 0.717) is 48.3 Å². The number of thiophene rings is 1. The van der Waals surface area contributed by atoms with Crippen LogP contribution in [0.2, 0.25) is 0 Å². The van der Waals surface area contributed by atoms with E-state index in [2.05, 4.69) is 39.7 Å². The Bertz CT molecular complexity index is 2290. The molecule has 9 nitrogen and oxygen atoms in total. The van der Waals surface area contributed by atoms with Crippen LogP contribution in [-0.4, -0.2) is 37.5 Å². The zero-order chi connectivity index (χ0) is 32.4. The lowest BCUT2D eigenvalue weighted by molar-refractivity contribution is 0.0776. The SMILES string of the molecule is O=C1c2c(nc(CCc3ccc(F)cc3)c(-c3noc(=O)[nH]3)c2-c2cc3ccnc(NCc4ccc5c(c4)CCC5)c3s2)[C@H]2CCCN12. The van der Waals surface area contributed by atoms with Crippen molar-refractivity contribution in [3.05, 3.63) is 116 Å². The van der Waals surface area contributed by atoms with Crippen LogP contribution >= 0.6 is 11.3 Å². The molecular formula is C37H31FN6O3S. The van der Waals surface area contributed by atoms with Crippen LogP contribution < -0.4 is 11.1 Å². The van der Waals surface area contributed by atoms with Crippen molar-refractivity contribution in [2.45, 2.75) is 57.5 Å². The predicted molar refractivity (Wildman–Crippen MR) is 182 cm³/mol. The molecule has 6 heterocycles. The van der Waals surface area contributed by atoms with Gasteiger partial charge in [0.05, 0.1) is 33.3 Å². The Hall–Kier alpha value is -5.16. The van der Waals surface area contributed by atoms with Crippen LogP contribution in [0.4, 0.5) is 10.2 Å². The molecule has 2 aliphatic heterocycles. The van der Waals surface area contributed by atoms with Gasteiger partial charge in [-0.05, 0) is 96.9 Å². The van der Waals surface area contributed by atoms with Gasteiger partial charge in [-0.25, -0.2) is 14.2 Å². The van der Waals surface area contributed by atoms with Gasteiger partial charge in [0, 0.05) is 29.7 Å². The summed E-state index contributed by atoms with van der Waals surface area (Å²) in [4.78, 5) is 41.8. The van der Waals surface area contributed by atoms with E-state index in [9.17, 15) is 14.0 Å². The second-order valence-electron chi connectivity index (χ2n) is 12.8. The molecule has 3 aliphatic rings. The van der Waals surface area contributed by atoms with Gasteiger partial charge >= 0.3 is 5.76 Å². The quantitative estimate of drug-likeness (QED) is 0.181. The van der Waals surface area contributed by atoms with E-state index < -0.39 is 5.76 Å². The number of hydrogen-bond donors (Lipinski definition) is 2. The van der Waals surface area contributed by atoms with E-state index in [1.165, 1.54) is 35.2 Å². The standard InChI is InChI=1S/C37H31FN6O3S/c38-25-11-7-20(8-12-25)9-13-26-29(34-42-37(46)47-43-34)30(31-32(41-26)27-5-2-16-44(27)36(31)45)28-18-24-14-15-39-35(33(24)48-28)40-19-21-6-10-22-3-1-4-23(22)17-21/h6-8,10-12,14-15,17-18,27H,1-5,9,13,16,19H2,(H,39,40)(H,42,43,46)/t27-/m1/s1. The molecule has 1 atom stereocenters. The first-order chi connectivity index (χ1) is 23.5. The maximum atomic E-state index is 14.1. The number of carbonyl (C=O) groups is 1. The summed E-state index contributed by atoms with van der Waals surface area (Å²) in [5.41, 5.74) is 8.33.